The van der Waals surface area contributed by atoms with Crippen LogP contribution < -0.4 is 22.1 Å². The summed E-state index contributed by atoms with van der Waals surface area (Å²) in [6.07, 6.45) is 3.88. The maximum Gasteiger partial charge on any atom is 0.237 e. The maximum atomic E-state index is 13.1. The number of Topliss-reactive ketones (excluding diaryl/α,β-unsaturated/α-hetero) is 1. The van der Waals surface area contributed by atoms with Gasteiger partial charge in [0.1, 0.15) is 0 Å². The minimum absolute atomic E-state index is 0.0180. The fourth-order valence-electron chi connectivity index (χ4n) is 3.25. The van der Waals surface area contributed by atoms with Crippen LogP contribution in [0, 0.1) is 0 Å². The van der Waals surface area contributed by atoms with E-state index in [0.29, 0.717) is 24.4 Å². The zero-order valence-electron chi connectivity index (χ0n) is 15.7. The summed E-state index contributed by atoms with van der Waals surface area (Å²) in [4.78, 5) is 34.1. The van der Waals surface area contributed by atoms with E-state index in [0.717, 1.165) is 36.0 Å². The molecule has 1 aliphatic heterocycles. The molecule has 1 aromatic heterocycles. The van der Waals surface area contributed by atoms with E-state index in [4.69, 9.17) is 11.5 Å². The van der Waals surface area contributed by atoms with Gasteiger partial charge >= 0.3 is 0 Å². The summed E-state index contributed by atoms with van der Waals surface area (Å²) in [6.45, 7) is 1.22. The standard InChI is InChI=1S/C19H26N6O2S/c20-19(21)23-11-5-8-13(24-17(27)14-7-3-4-10-22-14)16(26)18-25-12-6-1-2-9-15(12)28-18/h1-2,6,9,13-14,22H,3-5,7-8,10-11H2,(H,24,27)(H4,20,21,23)/t13?,14-/m0/s1. The first-order valence-corrected chi connectivity index (χ1v) is 10.3. The number of hydrogen-bond acceptors (Lipinski definition) is 6. The summed E-state index contributed by atoms with van der Waals surface area (Å²) in [7, 11) is 0. The molecule has 0 aliphatic carbocycles. The number of guanidine groups is 1. The highest BCUT2D eigenvalue weighted by Crippen LogP contribution is 2.23. The van der Waals surface area contributed by atoms with E-state index >= 15 is 0 Å². The molecule has 8 nitrogen and oxygen atoms in total. The lowest BCUT2D eigenvalue weighted by Gasteiger charge is -2.25. The number of rotatable bonds is 8. The lowest BCUT2D eigenvalue weighted by Crippen LogP contribution is -2.51. The molecular weight excluding hydrogens is 376 g/mol. The number of fused-ring (bicyclic) bond motifs is 1. The van der Waals surface area contributed by atoms with Crippen LogP contribution in [0.5, 0.6) is 0 Å². The van der Waals surface area contributed by atoms with Crippen LogP contribution in [0.1, 0.15) is 41.9 Å². The highest BCUT2D eigenvalue weighted by Gasteiger charge is 2.28. The molecule has 0 saturated carbocycles. The minimum Gasteiger partial charge on any atom is -0.370 e. The monoisotopic (exact) mass is 402 g/mol. The summed E-state index contributed by atoms with van der Waals surface area (Å²) in [5, 5.41) is 6.54. The Morgan fingerprint density at radius 1 is 1.32 bits per heavy atom. The van der Waals surface area contributed by atoms with Gasteiger partial charge < -0.3 is 22.1 Å². The zero-order valence-corrected chi connectivity index (χ0v) is 16.5. The van der Waals surface area contributed by atoms with Crippen molar-refractivity contribution in [2.45, 2.75) is 44.2 Å². The van der Waals surface area contributed by atoms with Gasteiger partial charge in [0.25, 0.3) is 0 Å². The smallest absolute Gasteiger partial charge is 0.237 e. The molecule has 3 rings (SSSR count). The number of benzene rings is 1. The second-order valence-electron chi connectivity index (χ2n) is 6.86. The Labute approximate surface area is 167 Å². The summed E-state index contributed by atoms with van der Waals surface area (Å²) in [5.74, 6) is -0.291. The molecular formula is C19H26N6O2S. The Hall–Kier alpha value is -2.52. The van der Waals surface area contributed by atoms with E-state index < -0.39 is 6.04 Å². The van der Waals surface area contributed by atoms with Crippen molar-refractivity contribution in [1.82, 2.24) is 15.6 Å². The van der Waals surface area contributed by atoms with Crippen LogP contribution in [0.2, 0.25) is 0 Å². The zero-order chi connectivity index (χ0) is 19.9. The molecule has 2 heterocycles. The lowest BCUT2D eigenvalue weighted by molar-refractivity contribution is -0.124. The van der Waals surface area contributed by atoms with Gasteiger partial charge in [-0.05, 0) is 44.4 Å². The number of aliphatic imine (C=N–C) groups is 1. The van der Waals surface area contributed by atoms with Gasteiger partial charge in [-0.2, -0.15) is 0 Å². The van der Waals surface area contributed by atoms with Crippen molar-refractivity contribution in [2.75, 3.05) is 13.1 Å². The Morgan fingerprint density at radius 2 is 2.14 bits per heavy atom. The average molecular weight is 403 g/mol. The van der Waals surface area contributed by atoms with Crippen LogP contribution in [0.3, 0.4) is 0 Å². The van der Waals surface area contributed by atoms with E-state index in [1.54, 1.807) is 0 Å². The Bertz CT molecular complexity index is 822. The number of hydrogen-bond donors (Lipinski definition) is 4. The Morgan fingerprint density at radius 3 is 2.86 bits per heavy atom. The van der Waals surface area contributed by atoms with Gasteiger partial charge in [0, 0.05) is 6.54 Å². The normalized spacial score (nSPS) is 17.8. The first-order chi connectivity index (χ1) is 13.5. The molecule has 1 fully saturated rings. The SMILES string of the molecule is NC(N)=NCCCC(NC(=O)[C@@H]1CCCCN1)C(=O)c1nc2ccccc2s1. The van der Waals surface area contributed by atoms with Gasteiger partial charge in [-0.1, -0.05) is 18.6 Å². The third-order valence-electron chi connectivity index (χ3n) is 4.71. The highest BCUT2D eigenvalue weighted by molar-refractivity contribution is 7.20. The number of amides is 1. The van der Waals surface area contributed by atoms with Crippen LogP contribution in [0.25, 0.3) is 10.2 Å². The number of nitrogens with one attached hydrogen (secondary N) is 2. The maximum absolute atomic E-state index is 13.1. The molecule has 1 aliphatic rings. The number of ketones is 1. The van der Waals surface area contributed by atoms with Gasteiger partial charge in [0.2, 0.25) is 11.7 Å². The molecule has 1 unspecified atom stereocenters. The van der Waals surface area contributed by atoms with Crippen LogP contribution in [-0.2, 0) is 4.79 Å². The number of nitrogens with zero attached hydrogens (tertiary/aromatic N) is 2. The number of nitrogens with two attached hydrogens (primary N) is 2. The largest absolute Gasteiger partial charge is 0.370 e. The highest BCUT2D eigenvalue weighted by atomic mass is 32.1. The number of carbonyl (C=O) groups excluding carboxylic acids is 2. The molecule has 0 radical (unpaired) electrons. The van der Waals surface area contributed by atoms with Crippen LogP contribution in [0.4, 0.5) is 0 Å². The predicted molar refractivity (Wildman–Crippen MR) is 111 cm³/mol. The molecule has 6 N–H and O–H groups in total. The van der Waals surface area contributed by atoms with E-state index in [9.17, 15) is 9.59 Å². The molecule has 9 heteroatoms. The second kappa shape index (κ2) is 9.61. The first kappa shape index (κ1) is 20.2. The number of aromatic nitrogens is 1. The van der Waals surface area contributed by atoms with Crippen LogP contribution in [0.15, 0.2) is 29.3 Å². The van der Waals surface area contributed by atoms with E-state index in [1.807, 2.05) is 24.3 Å². The quantitative estimate of drug-likeness (QED) is 0.226. The third-order valence-corrected chi connectivity index (χ3v) is 5.76. The lowest BCUT2D eigenvalue weighted by atomic mass is 10.0. The van der Waals surface area contributed by atoms with E-state index in [-0.39, 0.29) is 23.7 Å². The fourth-order valence-corrected chi connectivity index (χ4v) is 4.21. The molecule has 1 aromatic carbocycles. The summed E-state index contributed by atoms with van der Waals surface area (Å²) in [5.41, 5.74) is 11.5. The molecule has 2 aromatic rings. The van der Waals surface area contributed by atoms with Gasteiger partial charge in [0.05, 0.1) is 22.3 Å². The molecule has 1 amide bonds. The molecule has 1 saturated heterocycles. The van der Waals surface area contributed by atoms with Crippen LogP contribution >= 0.6 is 11.3 Å². The minimum atomic E-state index is -0.647. The Kier molecular flexibility index (Phi) is 6.94. The van der Waals surface area contributed by atoms with Crippen molar-refractivity contribution in [1.29, 1.82) is 0 Å². The fraction of sp³-hybridized carbons (Fsp3) is 0.474. The van der Waals surface area contributed by atoms with Crippen molar-refractivity contribution < 1.29 is 9.59 Å². The molecule has 0 bridgehead atoms. The molecule has 0 spiro atoms. The first-order valence-electron chi connectivity index (χ1n) is 9.53. The van der Waals surface area contributed by atoms with Crippen molar-refractivity contribution >= 4 is 39.2 Å². The van der Waals surface area contributed by atoms with Crippen molar-refractivity contribution in [3.05, 3.63) is 29.3 Å². The summed E-state index contributed by atoms with van der Waals surface area (Å²) < 4.78 is 0.949. The third kappa shape index (κ3) is 5.26. The molecule has 150 valence electrons. The average Bonchev–Trinajstić information content (AvgIpc) is 3.14. The summed E-state index contributed by atoms with van der Waals surface area (Å²) in [6, 6.07) is 6.71. The van der Waals surface area contributed by atoms with Crippen molar-refractivity contribution in [3.8, 4) is 0 Å². The Balaban J connectivity index is 1.72. The molecule has 2 atom stereocenters. The van der Waals surface area contributed by atoms with E-state index in [2.05, 4.69) is 20.6 Å². The number of thiazole rings is 1. The van der Waals surface area contributed by atoms with Gasteiger partial charge in [-0.15, -0.1) is 11.3 Å². The number of para-hydroxylation sites is 1. The predicted octanol–water partition coefficient (Wildman–Crippen LogP) is 1.16. The summed E-state index contributed by atoms with van der Waals surface area (Å²) >= 11 is 1.35. The number of piperidine rings is 1. The van der Waals surface area contributed by atoms with E-state index in [1.165, 1.54) is 11.3 Å². The van der Waals surface area contributed by atoms with Crippen molar-refractivity contribution in [3.63, 3.8) is 0 Å². The van der Waals surface area contributed by atoms with Gasteiger partial charge in [0.15, 0.2) is 11.0 Å². The van der Waals surface area contributed by atoms with Gasteiger partial charge in [-0.3, -0.25) is 14.6 Å². The number of carbonyl (C=O) groups is 2. The topological polar surface area (TPSA) is 135 Å². The van der Waals surface area contributed by atoms with Crippen LogP contribution in [-0.4, -0.2) is 47.8 Å². The van der Waals surface area contributed by atoms with Gasteiger partial charge in [-0.25, -0.2) is 4.98 Å². The van der Waals surface area contributed by atoms with Crippen molar-refractivity contribution in [2.24, 2.45) is 16.5 Å². The molecule has 28 heavy (non-hydrogen) atoms. The second-order valence-corrected chi connectivity index (χ2v) is 7.89.